The molecular weight excluding hydrogens is 189 g/mol. The molecule has 0 fully saturated rings. The van der Waals surface area contributed by atoms with E-state index in [1.165, 1.54) is 0 Å². The van der Waals surface area contributed by atoms with Gasteiger partial charge in [-0.3, -0.25) is 4.79 Å². The van der Waals surface area contributed by atoms with Gasteiger partial charge >= 0.3 is 6.18 Å². The Morgan fingerprint density at radius 2 is 1.58 bits per heavy atom. The van der Waals surface area contributed by atoms with Crippen LogP contribution < -0.4 is 0 Å². The lowest BCUT2D eigenvalue weighted by Crippen LogP contribution is -2.18. The predicted octanol–water partition coefficient (Wildman–Crippen LogP) is 2.89. The van der Waals surface area contributed by atoms with E-state index in [2.05, 4.69) is 0 Å². The van der Waals surface area contributed by atoms with E-state index in [1.54, 1.807) is 11.3 Å². The second kappa shape index (κ2) is 4.92. The molecule has 5 heteroatoms. The van der Waals surface area contributed by atoms with Crippen LogP contribution in [0, 0.1) is 0 Å². The van der Waals surface area contributed by atoms with Crippen molar-refractivity contribution >= 4 is 17.1 Å². The van der Waals surface area contributed by atoms with E-state index in [4.69, 9.17) is 0 Å². The van der Waals surface area contributed by atoms with Crippen LogP contribution in [0.5, 0.6) is 0 Å². The van der Waals surface area contributed by atoms with Gasteiger partial charge in [-0.25, -0.2) is 0 Å². The number of hydrogen-bond donors (Lipinski definition) is 0. The minimum absolute atomic E-state index is 0.486. The van der Waals surface area contributed by atoms with Crippen molar-refractivity contribution in [1.29, 1.82) is 0 Å². The standard InChI is InChI=1S/C4H4S.C3H3F3O/c1-2-4-5-3-1;1-2(7)3(4,5)6/h1-4H;1H3. The average Bonchev–Trinajstić information content (AvgIpc) is 2.39. The van der Waals surface area contributed by atoms with E-state index in [0.717, 1.165) is 0 Å². The molecule has 0 aliphatic rings. The first-order valence-electron chi connectivity index (χ1n) is 2.99. The van der Waals surface area contributed by atoms with Crippen LogP contribution >= 0.6 is 11.3 Å². The molecule has 0 aliphatic heterocycles. The Hall–Kier alpha value is -0.840. The average molecular weight is 196 g/mol. The van der Waals surface area contributed by atoms with Gasteiger partial charge in [0.1, 0.15) is 0 Å². The fourth-order valence-corrected chi connectivity index (χ4v) is 0.680. The van der Waals surface area contributed by atoms with Gasteiger partial charge in [0.15, 0.2) is 0 Å². The minimum atomic E-state index is -4.64. The zero-order chi connectivity index (χ0) is 9.61. The number of carbonyl (C=O) groups is 1. The summed E-state index contributed by atoms with van der Waals surface area (Å²) in [7, 11) is 0. The Kier molecular flexibility index (Phi) is 4.58. The van der Waals surface area contributed by atoms with Crippen molar-refractivity contribution in [3.63, 3.8) is 0 Å². The number of thiophene rings is 1. The summed E-state index contributed by atoms with van der Waals surface area (Å²) in [6.45, 7) is 0.486. The number of rotatable bonds is 0. The van der Waals surface area contributed by atoms with Gasteiger partial charge in [0.05, 0.1) is 0 Å². The molecule has 0 aromatic carbocycles. The molecule has 1 heterocycles. The summed E-state index contributed by atoms with van der Waals surface area (Å²) in [6, 6.07) is 4.04. The van der Waals surface area contributed by atoms with Crippen molar-refractivity contribution < 1.29 is 18.0 Å². The molecule has 0 bridgehead atoms. The van der Waals surface area contributed by atoms with Crippen molar-refractivity contribution in [3.8, 4) is 0 Å². The van der Waals surface area contributed by atoms with Crippen LogP contribution in [-0.2, 0) is 4.79 Å². The summed E-state index contributed by atoms with van der Waals surface area (Å²) < 4.78 is 32.5. The second-order valence-electron chi connectivity index (χ2n) is 1.85. The maximum Gasteiger partial charge on any atom is 0.449 e. The highest BCUT2D eigenvalue weighted by atomic mass is 32.1. The van der Waals surface area contributed by atoms with E-state index in [1.807, 2.05) is 22.9 Å². The molecule has 0 N–H and O–H groups in total. The largest absolute Gasteiger partial charge is 0.449 e. The highest BCUT2D eigenvalue weighted by molar-refractivity contribution is 7.07. The Morgan fingerprint density at radius 1 is 1.25 bits per heavy atom. The van der Waals surface area contributed by atoms with Gasteiger partial charge in [0, 0.05) is 6.92 Å². The van der Waals surface area contributed by atoms with Gasteiger partial charge in [-0.1, -0.05) is 12.1 Å². The topological polar surface area (TPSA) is 17.1 Å². The lowest BCUT2D eigenvalue weighted by atomic mass is 10.5. The van der Waals surface area contributed by atoms with Gasteiger partial charge in [-0.15, -0.1) is 0 Å². The van der Waals surface area contributed by atoms with E-state index in [-0.39, 0.29) is 0 Å². The Morgan fingerprint density at radius 3 is 1.67 bits per heavy atom. The quantitative estimate of drug-likeness (QED) is 0.623. The summed E-state index contributed by atoms with van der Waals surface area (Å²) in [5.41, 5.74) is 0. The fourth-order valence-electron chi connectivity index (χ4n) is 0.227. The molecule has 0 saturated heterocycles. The van der Waals surface area contributed by atoms with Crippen molar-refractivity contribution in [2.24, 2.45) is 0 Å². The Balaban J connectivity index is 0.000000211. The van der Waals surface area contributed by atoms with Crippen LogP contribution in [0.15, 0.2) is 22.9 Å². The van der Waals surface area contributed by atoms with Crippen LogP contribution in [0.25, 0.3) is 0 Å². The second-order valence-corrected chi connectivity index (χ2v) is 2.66. The predicted molar refractivity (Wildman–Crippen MR) is 41.1 cm³/mol. The zero-order valence-corrected chi connectivity index (χ0v) is 7.08. The van der Waals surface area contributed by atoms with Crippen LogP contribution in [0.1, 0.15) is 6.92 Å². The van der Waals surface area contributed by atoms with Crippen LogP contribution in [0.4, 0.5) is 13.2 Å². The zero-order valence-electron chi connectivity index (χ0n) is 6.26. The van der Waals surface area contributed by atoms with Crippen LogP contribution in [0.3, 0.4) is 0 Å². The molecule has 1 nitrogen and oxygen atoms in total. The fraction of sp³-hybridized carbons (Fsp3) is 0.286. The molecule has 0 unspecified atom stereocenters. The van der Waals surface area contributed by atoms with Gasteiger partial charge in [0.25, 0.3) is 0 Å². The SMILES string of the molecule is CC(=O)C(F)(F)F.c1ccsc1. The molecule has 0 amide bonds. The summed E-state index contributed by atoms with van der Waals surface area (Å²) in [5, 5.41) is 4.08. The molecule has 0 spiro atoms. The summed E-state index contributed by atoms with van der Waals surface area (Å²) in [4.78, 5) is 9.34. The maximum atomic E-state index is 10.8. The summed E-state index contributed by atoms with van der Waals surface area (Å²) >= 11 is 1.71. The third-order valence-electron chi connectivity index (χ3n) is 0.825. The number of ketones is 1. The minimum Gasteiger partial charge on any atom is -0.290 e. The summed E-state index contributed by atoms with van der Waals surface area (Å²) in [5.74, 6) is -1.76. The maximum absolute atomic E-state index is 10.8. The Bertz CT molecular complexity index is 198. The van der Waals surface area contributed by atoms with Gasteiger partial charge in [-0.2, -0.15) is 24.5 Å². The molecule has 1 aromatic rings. The van der Waals surface area contributed by atoms with Crippen molar-refractivity contribution in [2.45, 2.75) is 13.1 Å². The molecular formula is C7H7F3OS. The lowest BCUT2D eigenvalue weighted by Gasteiger charge is -1.95. The first-order valence-corrected chi connectivity index (χ1v) is 3.94. The molecule has 1 aromatic heterocycles. The first-order chi connectivity index (χ1) is 5.44. The van der Waals surface area contributed by atoms with Gasteiger partial charge in [0.2, 0.25) is 5.78 Å². The molecule has 0 aliphatic carbocycles. The number of Topliss-reactive ketones (excluding diaryl/α,β-unsaturated/α-hetero) is 1. The number of carbonyl (C=O) groups excluding carboxylic acids is 1. The van der Waals surface area contributed by atoms with Crippen molar-refractivity contribution in [1.82, 2.24) is 0 Å². The molecule has 1 rings (SSSR count). The number of alkyl halides is 3. The van der Waals surface area contributed by atoms with Crippen LogP contribution in [-0.4, -0.2) is 12.0 Å². The monoisotopic (exact) mass is 196 g/mol. The third kappa shape index (κ3) is 5.91. The lowest BCUT2D eigenvalue weighted by molar-refractivity contribution is -0.168. The first kappa shape index (κ1) is 11.2. The highest BCUT2D eigenvalue weighted by Crippen LogP contribution is 2.14. The molecule has 0 atom stereocenters. The molecule has 68 valence electrons. The summed E-state index contributed by atoms with van der Waals surface area (Å²) in [6.07, 6.45) is -4.64. The molecule has 12 heavy (non-hydrogen) atoms. The normalized spacial score (nSPS) is 10.0. The van der Waals surface area contributed by atoms with Gasteiger partial charge in [-0.05, 0) is 10.8 Å². The van der Waals surface area contributed by atoms with Crippen molar-refractivity contribution in [2.75, 3.05) is 0 Å². The highest BCUT2D eigenvalue weighted by Gasteiger charge is 2.33. The smallest absolute Gasteiger partial charge is 0.290 e. The van der Waals surface area contributed by atoms with E-state index >= 15 is 0 Å². The molecule has 0 saturated carbocycles. The van der Waals surface area contributed by atoms with E-state index in [0.29, 0.717) is 6.92 Å². The Labute approximate surface area is 71.8 Å². The number of halogens is 3. The van der Waals surface area contributed by atoms with Gasteiger partial charge < -0.3 is 0 Å². The van der Waals surface area contributed by atoms with Crippen LogP contribution in [0.2, 0.25) is 0 Å². The van der Waals surface area contributed by atoms with E-state index < -0.39 is 12.0 Å². The third-order valence-corrected chi connectivity index (χ3v) is 1.45. The number of hydrogen-bond acceptors (Lipinski definition) is 2. The van der Waals surface area contributed by atoms with Crippen molar-refractivity contribution in [3.05, 3.63) is 22.9 Å². The molecule has 0 radical (unpaired) electrons. The van der Waals surface area contributed by atoms with E-state index in [9.17, 15) is 18.0 Å².